The molecule has 0 aromatic rings. The maximum absolute atomic E-state index is 12.9. The summed E-state index contributed by atoms with van der Waals surface area (Å²) < 4.78 is 22.9. The van der Waals surface area contributed by atoms with E-state index in [1.165, 1.54) is 116 Å². The van der Waals surface area contributed by atoms with Gasteiger partial charge in [0.25, 0.3) is 6.29 Å². The van der Waals surface area contributed by atoms with Crippen LogP contribution >= 0.6 is 0 Å². The Morgan fingerprint density at radius 3 is 1.05 bits per heavy atom. The summed E-state index contributed by atoms with van der Waals surface area (Å²) in [6, 6.07) is 0. The number of ether oxygens (including phenoxy) is 4. The Bertz CT molecular complexity index is 1740. The zero-order valence-electron chi connectivity index (χ0n) is 52.7. The maximum Gasteiger partial charge on any atom is 0.361 e. The predicted octanol–water partition coefficient (Wildman–Crippen LogP) is 20.0. The molecule has 2 unspecified atom stereocenters. The molecule has 0 bridgehead atoms. The van der Waals surface area contributed by atoms with Gasteiger partial charge in [0.1, 0.15) is 13.2 Å². The highest BCUT2D eigenvalue weighted by atomic mass is 16.7. The first kappa shape index (κ1) is 76.7. The first-order valence-corrected chi connectivity index (χ1v) is 32.7. The Balaban J connectivity index is 4.11. The van der Waals surface area contributed by atoms with E-state index < -0.39 is 24.3 Å². The second kappa shape index (κ2) is 61.8. The quantitative estimate of drug-likeness (QED) is 0.0211. The molecular weight excluding hydrogens is 1010 g/mol. The van der Waals surface area contributed by atoms with Gasteiger partial charge in [-0.2, -0.15) is 0 Å². The van der Waals surface area contributed by atoms with Crippen molar-refractivity contribution in [2.45, 2.75) is 270 Å². The predicted molar refractivity (Wildman–Crippen MR) is 345 cm³/mol. The number of esters is 2. The summed E-state index contributed by atoms with van der Waals surface area (Å²) >= 11 is 0. The number of allylic oxidation sites excluding steroid dienone is 20. The number of aliphatic carboxylic acids is 1. The normalized spacial score (nSPS) is 13.5. The molecule has 0 radical (unpaired) electrons. The summed E-state index contributed by atoms with van der Waals surface area (Å²) in [7, 11) is 5.96. The third-order valence-corrected chi connectivity index (χ3v) is 13.7. The van der Waals surface area contributed by atoms with Crippen LogP contribution in [0.2, 0.25) is 0 Å². The van der Waals surface area contributed by atoms with Crippen molar-refractivity contribution in [1.29, 1.82) is 0 Å². The van der Waals surface area contributed by atoms with E-state index in [4.69, 9.17) is 18.9 Å². The lowest BCUT2D eigenvalue weighted by Gasteiger charge is -2.25. The molecule has 0 aliphatic heterocycles. The van der Waals surface area contributed by atoms with Crippen molar-refractivity contribution in [3.8, 4) is 0 Å². The van der Waals surface area contributed by atoms with Crippen LogP contribution in [-0.4, -0.2) is 87.4 Å². The summed E-state index contributed by atoms with van der Waals surface area (Å²) in [5, 5.41) is 9.72. The number of nitrogens with zero attached hydrogens (tertiary/aromatic N) is 1. The fourth-order valence-corrected chi connectivity index (χ4v) is 8.71. The van der Waals surface area contributed by atoms with Gasteiger partial charge in [-0.3, -0.25) is 9.59 Å². The molecule has 0 rings (SSSR count). The monoisotopic (exact) mass is 1130 g/mol. The van der Waals surface area contributed by atoms with E-state index in [-0.39, 0.29) is 38.6 Å². The van der Waals surface area contributed by atoms with Crippen LogP contribution in [0.3, 0.4) is 0 Å². The van der Waals surface area contributed by atoms with Crippen molar-refractivity contribution in [3.05, 3.63) is 122 Å². The average molecular weight is 1130 g/mol. The molecule has 0 fully saturated rings. The molecule has 0 saturated heterocycles. The largest absolute Gasteiger partial charge is 0.477 e. The Labute approximate surface area is 497 Å². The summed E-state index contributed by atoms with van der Waals surface area (Å²) in [4.78, 5) is 37.5. The molecule has 9 heteroatoms. The number of carboxylic acids is 1. The lowest BCUT2D eigenvalue weighted by molar-refractivity contribution is -0.870. The van der Waals surface area contributed by atoms with Crippen LogP contribution in [0, 0.1) is 0 Å². The van der Waals surface area contributed by atoms with Crippen molar-refractivity contribution >= 4 is 17.9 Å². The third-order valence-electron chi connectivity index (χ3n) is 13.7. The van der Waals surface area contributed by atoms with Crippen molar-refractivity contribution in [1.82, 2.24) is 0 Å². The van der Waals surface area contributed by atoms with Gasteiger partial charge in [0.05, 0.1) is 34.4 Å². The van der Waals surface area contributed by atoms with Crippen molar-refractivity contribution in [2.24, 2.45) is 0 Å². The molecular formula is C72H122NO8+. The van der Waals surface area contributed by atoms with Crippen LogP contribution in [0.1, 0.15) is 258 Å². The number of hydrogen-bond donors (Lipinski definition) is 1. The minimum absolute atomic E-state index is 0.182. The van der Waals surface area contributed by atoms with Crippen LogP contribution in [-0.2, 0) is 33.3 Å². The fraction of sp³-hybridized carbons (Fsp3) is 0.681. The number of carbonyl (C=O) groups is 3. The van der Waals surface area contributed by atoms with Gasteiger partial charge in [-0.15, -0.1) is 0 Å². The van der Waals surface area contributed by atoms with Gasteiger partial charge in [0.15, 0.2) is 6.10 Å². The second-order valence-corrected chi connectivity index (χ2v) is 22.7. The molecule has 462 valence electrons. The van der Waals surface area contributed by atoms with Crippen LogP contribution in [0.5, 0.6) is 0 Å². The van der Waals surface area contributed by atoms with Crippen molar-refractivity contribution in [2.75, 3.05) is 47.5 Å². The van der Waals surface area contributed by atoms with E-state index in [9.17, 15) is 19.5 Å². The Morgan fingerprint density at radius 1 is 0.383 bits per heavy atom. The van der Waals surface area contributed by atoms with E-state index in [1.807, 2.05) is 21.1 Å². The number of likely N-dealkylation sites (N-methyl/N-ethyl adjacent to an activating group) is 1. The first-order chi connectivity index (χ1) is 39.6. The lowest BCUT2D eigenvalue weighted by Crippen LogP contribution is -2.40. The topological polar surface area (TPSA) is 108 Å². The summed E-state index contributed by atoms with van der Waals surface area (Å²) in [5.41, 5.74) is 0. The summed E-state index contributed by atoms with van der Waals surface area (Å²) in [6.07, 6.45) is 84.4. The van der Waals surface area contributed by atoms with E-state index in [0.29, 0.717) is 17.4 Å². The minimum Gasteiger partial charge on any atom is -0.477 e. The van der Waals surface area contributed by atoms with Crippen LogP contribution in [0.4, 0.5) is 0 Å². The first-order valence-electron chi connectivity index (χ1n) is 32.7. The van der Waals surface area contributed by atoms with Crippen LogP contribution in [0.25, 0.3) is 0 Å². The average Bonchev–Trinajstić information content (AvgIpc) is 3.44. The number of carboxylic acid groups (broad SMARTS) is 1. The smallest absolute Gasteiger partial charge is 0.361 e. The van der Waals surface area contributed by atoms with Gasteiger partial charge in [0.2, 0.25) is 0 Å². The van der Waals surface area contributed by atoms with Crippen molar-refractivity contribution < 1.29 is 42.9 Å². The van der Waals surface area contributed by atoms with E-state index in [2.05, 4.69) is 135 Å². The minimum atomic E-state index is -1.52. The Morgan fingerprint density at radius 2 is 0.704 bits per heavy atom. The molecule has 0 aromatic heterocycles. The Kier molecular flexibility index (Phi) is 58.5. The number of unbranched alkanes of at least 4 members (excludes halogenated alkanes) is 24. The number of rotatable bonds is 59. The third kappa shape index (κ3) is 63.1. The SMILES string of the molecule is CC/C=C\C/C=C\C/C=C\C/C=C\C/C=C\C/C=C\C/C=C\C/C=C\CCCCCCCCCCCCCCCCC(=O)OC(COC(=O)CCCCCCCCC/C=C\C/C=C\CCCCC)COC(OCC[N+](C)(C)C)C(=O)O. The molecule has 81 heavy (non-hydrogen) atoms. The Hall–Kier alpha value is -4.31. The van der Waals surface area contributed by atoms with Gasteiger partial charge >= 0.3 is 17.9 Å². The molecule has 0 amide bonds. The highest BCUT2D eigenvalue weighted by Crippen LogP contribution is 2.16. The summed E-state index contributed by atoms with van der Waals surface area (Å²) in [5.74, 6) is -2.02. The molecule has 0 aliphatic carbocycles. The van der Waals surface area contributed by atoms with E-state index in [0.717, 1.165) is 109 Å². The van der Waals surface area contributed by atoms with Gasteiger partial charge < -0.3 is 28.5 Å². The molecule has 0 saturated carbocycles. The molecule has 0 heterocycles. The van der Waals surface area contributed by atoms with Gasteiger partial charge in [-0.25, -0.2) is 4.79 Å². The molecule has 0 aromatic carbocycles. The molecule has 2 atom stereocenters. The molecule has 0 spiro atoms. The molecule has 0 aliphatic rings. The van der Waals surface area contributed by atoms with Gasteiger partial charge in [-0.05, 0) is 109 Å². The zero-order valence-corrected chi connectivity index (χ0v) is 52.7. The molecule has 9 nitrogen and oxygen atoms in total. The standard InChI is InChI=1S/C72H121NO8/c1-6-8-10-12-14-16-18-20-22-24-25-26-27-28-29-30-31-32-33-34-35-36-37-38-39-40-41-42-43-44-45-47-49-51-53-55-57-59-61-63-70(75)81-68(67-80-72(71(76)77)78-65-64-73(3,4)5)66-79-69(74)62-60-58-56-54-52-50-48-46-23-21-19-17-15-13-11-9-7-2/h8,10,14-17,20-23,25-26,28-29,31-32,34-35,37-38,68,72H,6-7,9,11-13,18-19,24,27,30,33,36,39-67H2,1-5H3/p+1/b10-8-,16-14-,17-15-,22-20-,23-21-,26-25-,29-28-,32-31-,35-34-,38-37-. The number of hydrogen-bond acceptors (Lipinski definition) is 7. The van der Waals surface area contributed by atoms with E-state index >= 15 is 0 Å². The lowest BCUT2D eigenvalue weighted by atomic mass is 10.0. The fourth-order valence-electron chi connectivity index (χ4n) is 8.71. The van der Waals surface area contributed by atoms with Gasteiger partial charge in [0, 0.05) is 12.8 Å². The van der Waals surface area contributed by atoms with Gasteiger partial charge in [-0.1, -0.05) is 257 Å². The van der Waals surface area contributed by atoms with Crippen LogP contribution in [0.15, 0.2) is 122 Å². The summed E-state index contributed by atoms with van der Waals surface area (Å²) in [6.45, 7) is 4.73. The van der Waals surface area contributed by atoms with E-state index in [1.54, 1.807) is 0 Å². The van der Waals surface area contributed by atoms with Crippen molar-refractivity contribution in [3.63, 3.8) is 0 Å². The molecule has 1 N–H and O–H groups in total. The second-order valence-electron chi connectivity index (χ2n) is 22.7. The zero-order chi connectivity index (χ0) is 59.1. The van der Waals surface area contributed by atoms with Crippen LogP contribution < -0.4 is 0 Å². The highest BCUT2D eigenvalue weighted by Gasteiger charge is 2.25. The maximum atomic E-state index is 12.9. The number of carbonyl (C=O) groups excluding carboxylic acids is 2. The number of quaternary nitrogens is 1. The highest BCUT2D eigenvalue weighted by molar-refractivity contribution is 5.71.